The van der Waals surface area contributed by atoms with Gasteiger partial charge in [-0.2, -0.15) is 0 Å². The Balaban J connectivity index is 1.52. The Morgan fingerprint density at radius 2 is 2.06 bits per heavy atom. The summed E-state index contributed by atoms with van der Waals surface area (Å²) in [5.74, 6) is 0.465. The van der Waals surface area contributed by atoms with E-state index >= 15 is 0 Å². The summed E-state index contributed by atoms with van der Waals surface area (Å²) < 4.78 is 0. The van der Waals surface area contributed by atoms with Crippen LogP contribution < -0.4 is 10.6 Å². The molecule has 7 nitrogen and oxygen atoms in total. The molecule has 9 heteroatoms. The predicted octanol–water partition coefficient (Wildman–Crippen LogP) is 5.13. The summed E-state index contributed by atoms with van der Waals surface area (Å²) in [4.78, 5) is 31.7. The zero-order valence-electron chi connectivity index (χ0n) is 16.9. The van der Waals surface area contributed by atoms with Crippen LogP contribution in [0.5, 0.6) is 0 Å². The molecule has 0 bridgehead atoms. The van der Waals surface area contributed by atoms with Gasteiger partial charge in [-0.25, -0.2) is 19.9 Å². The second-order valence-corrected chi connectivity index (χ2v) is 9.02. The molecule has 5 rings (SSSR count). The summed E-state index contributed by atoms with van der Waals surface area (Å²) in [6.45, 7) is 1.98. The van der Waals surface area contributed by atoms with Gasteiger partial charge >= 0.3 is 0 Å². The van der Waals surface area contributed by atoms with Crippen LogP contribution in [0, 0.1) is 0 Å². The summed E-state index contributed by atoms with van der Waals surface area (Å²) in [7, 11) is 0. The van der Waals surface area contributed by atoms with E-state index in [0.717, 1.165) is 47.1 Å². The van der Waals surface area contributed by atoms with E-state index in [2.05, 4.69) is 25.6 Å². The Morgan fingerprint density at radius 1 is 1.23 bits per heavy atom. The number of hydrogen-bond donors (Lipinski definition) is 2. The molecule has 31 heavy (non-hydrogen) atoms. The van der Waals surface area contributed by atoms with E-state index in [1.54, 1.807) is 11.6 Å². The molecule has 1 aromatic carbocycles. The van der Waals surface area contributed by atoms with Crippen LogP contribution in [0.1, 0.15) is 54.8 Å². The molecule has 1 atom stereocenters. The zero-order chi connectivity index (χ0) is 21.4. The van der Waals surface area contributed by atoms with E-state index in [-0.39, 0.29) is 18.0 Å². The predicted molar refractivity (Wildman–Crippen MR) is 124 cm³/mol. The third kappa shape index (κ3) is 3.93. The number of hydrogen-bond acceptors (Lipinski definition) is 7. The number of benzene rings is 1. The molecular weight excluding hydrogens is 432 g/mol. The van der Waals surface area contributed by atoms with Crippen LogP contribution in [0.15, 0.2) is 36.1 Å². The van der Waals surface area contributed by atoms with E-state index in [1.807, 2.05) is 25.1 Å². The van der Waals surface area contributed by atoms with Crippen LogP contribution in [0.2, 0.25) is 5.02 Å². The molecule has 3 aromatic heterocycles. The third-order valence-electron chi connectivity index (χ3n) is 5.66. The van der Waals surface area contributed by atoms with Gasteiger partial charge in [-0.3, -0.25) is 4.79 Å². The van der Waals surface area contributed by atoms with Gasteiger partial charge in [0.2, 0.25) is 0 Å². The van der Waals surface area contributed by atoms with Gasteiger partial charge in [-0.1, -0.05) is 36.6 Å². The van der Waals surface area contributed by atoms with Crippen molar-refractivity contribution < 1.29 is 4.79 Å². The molecule has 0 unspecified atom stereocenters. The number of halogens is 1. The molecule has 1 fully saturated rings. The van der Waals surface area contributed by atoms with Crippen LogP contribution in [-0.4, -0.2) is 31.9 Å². The highest BCUT2D eigenvalue weighted by atomic mass is 35.5. The maximum absolute atomic E-state index is 13.2. The lowest BCUT2D eigenvalue weighted by atomic mass is 10.0. The number of fused-ring (bicyclic) bond motifs is 2. The van der Waals surface area contributed by atoms with Crippen molar-refractivity contribution in [3.8, 4) is 0 Å². The Morgan fingerprint density at radius 3 is 2.90 bits per heavy atom. The van der Waals surface area contributed by atoms with Crippen molar-refractivity contribution in [1.82, 2.24) is 25.3 Å². The topological polar surface area (TPSA) is 92.7 Å². The number of nitrogens with one attached hydrogen (secondary N) is 2. The molecule has 0 aliphatic heterocycles. The van der Waals surface area contributed by atoms with Gasteiger partial charge in [0.15, 0.2) is 5.82 Å². The minimum Gasteiger partial charge on any atom is -0.360 e. The maximum atomic E-state index is 13.2. The first-order valence-electron chi connectivity index (χ1n) is 10.3. The lowest BCUT2D eigenvalue weighted by Gasteiger charge is -2.18. The van der Waals surface area contributed by atoms with Crippen LogP contribution in [-0.2, 0) is 0 Å². The van der Waals surface area contributed by atoms with E-state index < -0.39 is 0 Å². The largest absolute Gasteiger partial charge is 0.360 e. The summed E-state index contributed by atoms with van der Waals surface area (Å²) >= 11 is 7.94. The van der Waals surface area contributed by atoms with Gasteiger partial charge in [-0.15, -0.1) is 11.3 Å². The number of rotatable bonds is 5. The SMILES string of the molecule is C[C@H](Nc1ncnc2scnc12)c1cc2cccc(Cl)c2c(C(=O)NC2CCCC2)n1. The number of anilines is 1. The Hall–Kier alpha value is -2.84. The fraction of sp³-hybridized carbons (Fsp3) is 0.318. The average molecular weight is 453 g/mol. The molecule has 3 heterocycles. The van der Waals surface area contributed by atoms with Crippen molar-refractivity contribution in [2.24, 2.45) is 0 Å². The van der Waals surface area contributed by atoms with Crippen LogP contribution in [0.4, 0.5) is 5.82 Å². The fourth-order valence-electron chi connectivity index (χ4n) is 4.08. The molecule has 4 aromatic rings. The van der Waals surface area contributed by atoms with E-state index in [4.69, 9.17) is 16.6 Å². The average Bonchev–Trinajstić information content (AvgIpc) is 3.45. The first-order valence-corrected chi connectivity index (χ1v) is 11.6. The van der Waals surface area contributed by atoms with E-state index in [9.17, 15) is 4.79 Å². The molecule has 2 N–H and O–H groups in total. The minimum atomic E-state index is -0.207. The molecule has 0 spiro atoms. The first kappa shape index (κ1) is 20.1. The molecule has 1 amide bonds. The van der Waals surface area contributed by atoms with Gasteiger partial charge in [0.25, 0.3) is 5.91 Å². The lowest BCUT2D eigenvalue weighted by Crippen LogP contribution is -2.33. The monoisotopic (exact) mass is 452 g/mol. The highest BCUT2D eigenvalue weighted by molar-refractivity contribution is 7.16. The standard InChI is InChI=1S/C22H21ClN6OS/c1-12(27-20-19-22(25-10-24-20)31-11-26-19)16-9-13-5-4-8-15(23)17(13)18(29-16)21(30)28-14-6-2-3-7-14/h4-5,8-12,14H,2-3,6-7H2,1H3,(H,28,30)(H,24,25,27)/t12-/m0/s1. The van der Waals surface area contributed by atoms with Gasteiger partial charge in [0.05, 0.1) is 22.3 Å². The number of amides is 1. The smallest absolute Gasteiger partial charge is 0.270 e. The number of aromatic nitrogens is 4. The number of nitrogens with zero attached hydrogens (tertiary/aromatic N) is 4. The molecular formula is C22H21ClN6OS. The van der Waals surface area contributed by atoms with Crippen molar-refractivity contribution in [1.29, 1.82) is 0 Å². The maximum Gasteiger partial charge on any atom is 0.270 e. The van der Waals surface area contributed by atoms with Gasteiger partial charge in [0, 0.05) is 11.4 Å². The summed E-state index contributed by atoms with van der Waals surface area (Å²) in [6, 6.07) is 7.58. The summed E-state index contributed by atoms with van der Waals surface area (Å²) in [5.41, 5.74) is 3.56. The molecule has 158 valence electrons. The highest BCUT2D eigenvalue weighted by Crippen LogP contribution is 2.30. The van der Waals surface area contributed by atoms with Crippen molar-refractivity contribution in [3.05, 3.63) is 52.5 Å². The Kier molecular flexibility index (Phi) is 5.41. The van der Waals surface area contributed by atoms with Crippen LogP contribution in [0.3, 0.4) is 0 Å². The molecule has 1 saturated carbocycles. The lowest BCUT2D eigenvalue weighted by molar-refractivity contribution is 0.0934. The van der Waals surface area contributed by atoms with Crippen LogP contribution in [0.25, 0.3) is 21.1 Å². The molecule has 0 saturated heterocycles. The minimum absolute atomic E-state index is 0.178. The molecule has 1 aliphatic carbocycles. The van der Waals surface area contributed by atoms with Crippen molar-refractivity contribution in [3.63, 3.8) is 0 Å². The van der Waals surface area contributed by atoms with Crippen LogP contribution >= 0.6 is 22.9 Å². The van der Waals surface area contributed by atoms with Gasteiger partial charge in [-0.05, 0) is 37.3 Å². The summed E-state index contributed by atoms with van der Waals surface area (Å²) in [5, 5.41) is 8.59. The van der Waals surface area contributed by atoms with Crippen molar-refractivity contribution in [2.45, 2.75) is 44.7 Å². The normalized spacial score (nSPS) is 15.4. The quantitative estimate of drug-likeness (QED) is 0.436. The molecule has 0 radical (unpaired) electrons. The van der Waals surface area contributed by atoms with Gasteiger partial charge < -0.3 is 10.6 Å². The summed E-state index contributed by atoms with van der Waals surface area (Å²) in [6.07, 6.45) is 5.82. The second kappa shape index (κ2) is 8.36. The fourth-order valence-corrected chi connectivity index (χ4v) is 4.97. The first-order chi connectivity index (χ1) is 15.1. The van der Waals surface area contributed by atoms with E-state index in [0.29, 0.717) is 21.9 Å². The van der Waals surface area contributed by atoms with E-state index in [1.165, 1.54) is 17.7 Å². The molecule has 1 aliphatic rings. The van der Waals surface area contributed by atoms with Crippen molar-refractivity contribution >= 4 is 55.8 Å². The number of carbonyl (C=O) groups excluding carboxylic acids is 1. The highest BCUT2D eigenvalue weighted by Gasteiger charge is 2.23. The zero-order valence-corrected chi connectivity index (χ0v) is 18.5. The second-order valence-electron chi connectivity index (χ2n) is 7.78. The number of pyridine rings is 1. The number of thiazole rings is 1. The number of carbonyl (C=O) groups is 1. The third-order valence-corrected chi connectivity index (χ3v) is 6.71. The van der Waals surface area contributed by atoms with Gasteiger partial charge in [0.1, 0.15) is 22.4 Å². The Bertz CT molecular complexity index is 1270. The van der Waals surface area contributed by atoms with Crippen molar-refractivity contribution in [2.75, 3.05) is 5.32 Å². The Labute approximate surface area is 188 Å².